The summed E-state index contributed by atoms with van der Waals surface area (Å²) in [6.45, 7) is 0. The van der Waals surface area contributed by atoms with Crippen LogP contribution in [0.2, 0.25) is 0 Å². The molecule has 2 heterocycles. The Morgan fingerprint density at radius 3 is 2.67 bits per heavy atom. The van der Waals surface area contributed by atoms with Gasteiger partial charge in [-0.2, -0.15) is 22.5 Å². The zero-order valence-corrected chi connectivity index (χ0v) is 10.7. The van der Waals surface area contributed by atoms with E-state index in [1.165, 1.54) is 0 Å². The maximum atomic E-state index is 12.2. The Morgan fingerprint density at radius 1 is 1.44 bits per heavy atom. The molecular weight excluding hydrogens is 339 g/mol. The van der Waals surface area contributed by atoms with Crippen molar-refractivity contribution in [2.45, 2.75) is 6.18 Å². The Balaban J connectivity index is 2.12. The molecule has 2 rings (SSSR count). The van der Waals surface area contributed by atoms with E-state index in [4.69, 9.17) is 0 Å². The van der Waals surface area contributed by atoms with Crippen LogP contribution >= 0.6 is 27.5 Å². The highest BCUT2D eigenvalue weighted by Gasteiger charge is 2.35. The molecule has 0 unspecified atom stereocenters. The molecule has 2 aromatic heterocycles. The zero-order chi connectivity index (χ0) is 13.3. The van der Waals surface area contributed by atoms with Crippen LogP contribution < -0.4 is 5.32 Å². The maximum Gasteiger partial charge on any atom is 0.449 e. The molecule has 0 aromatic carbocycles. The molecule has 0 fully saturated rings. The van der Waals surface area contributed by atoms with Crippen LogP contribution in [0, 0.1) is 0 Å². The second kappa shape index (κ2) is 4.69. The first kappa shape index (κ1) is 13.0. The van der Waals surface area contributed by atoms with Crippen LogP contribution in [-0.2, 0) is 6.18 Å². The van der Waals surface area contributed by atoms with Crippen molar-refractivity contribution in [3.05, 3.63) is 28.4 Å². The van der Waals surface area contributed by atoms with Gasteiger partial charge < -0.3 is 4.42 Å². The van der Waals surface area contributed by atoms with E-state index >= 15 is 0 Å². The topological polar surface area (TPSA) is 68.0 Å². The van der Waals surface area contributed by atoms with Crippen LogP contribution in [0.15, 0.2) is 21.3 Å². The van der Waals surface area contributed by atoms with Gasteiger partial charge in [0.15, 0.2) is 5.76 Å². The van der Waals surface area contributed by atoms with Crippen molar-refractivity contribution in [2.24, 2.45) is 0 Å². The first-order valence-corrected chi connectivity index (χ1v) is 5.90. The summed E-state index contributed by atoms with van der Waals surface area (Å²) in [5, 5.41) is 2.41. The lowest BCUT2D eigenvalue weighted by atomic mass is 10.4. The lowest BCUT2D eigenvalue weighted by Gasteiger charge is -2.01. The maximum absolute atomic E-state index is 12.2. The van der Waals surface area contributed by atoms with E-state index in [1.807, 2.05) is 0 Å². The highest BCUT2D eigenvalue weighted by atomic mass is 79.9. The van der Waals surface area contributed by atoms with E-state index in [1.54, 1.807) is 0 Å². The fraction of sp³-hybridized carbons (Fsp3) is 0.125. The summed E-state index contributed by atoms with van der Waals surface area (Å²) >= 11 is 3.85. The van der Waals surface area contributed by atoms with E-state index in [-0.39, 0.29) is 9.87 Å². The molecule has 0 spiro atoms. The van der Waals surface area contributed by atoms with Crippen LogP contribution in [-0.4, -0.2) is 15.3 Å². The molecule has 1 N–H and O–H groups in total. The monoisotopic (exact) mass is 341 g/mol. The van der Waals surface area contributed by atoms with Gasteiger partial charge in [-0.3, -0.25) is 10.1 Å². The Labute approximate surface area is 110 Å². The summed E-state index contributed by atoms with van der Waals surface area (Å²) in [5.74, 6) is -2.51. The Hall–Kier alpha value is -1.42. The second-order valence-corrected chi connectivity index (χ2v) is 4.45. The number of alkyl halides is 3. The minimum Gasteiger partial charge on any atom is -0.446 e. The minimum atomic E-state index is -4.62. The fourth-order valence-corrected chi connectivity index (χ4v) is 2.01. The van der Waals surface area contributed by atoms with Crippen molar-refractivity contribution in [2.75, 3.05) is 5.32 Å². The average Bonchev–Trinajstić information content (AvgIpc) is 2.85. The molecule has 5 nitrogen and oxygen atoms in total. The number of rotatable bonds is 2. The molecular formula is C8H3BrF3N3O2S. The van der Waals surface area contributed by atoms with Gasteiger partial charge in [-0.1, -0.05) is 0 Å². The van der Waals surface area contributed by atoms with Crippen molar-refractivity contribution >= 4 is 38.5 Å². The number of amides is 1. The van der Waals surface area contributed by atoms with Crippen LogP contribution in [0.1, 0.15) is 16.3 Å². The SMILES string of the molecule is O=C(Nc1nc(Br)ns1)c1ccc(C(F)(F)F)o1. The summed E-state index contributed by atoms with van der Waals surface area (Å²) in [7, 11) is 0. The molecule has 0 saturated carbocycles. The fourth-order valence-electron chi connectivity index (χ4n) is 1.03. The van der Waals surface area contributed by atoms with E-state index in [2.05, 4.69) is 35.0 Å². The van der Waals surface area contributed by atoms with Crippen LogP contribution in [0.3, 0.4) is 0 Å². The highest BCUT2D eigenvalue weighted by Crippen LogP contribution is 2.30. The average molecular weight is 342 g/mol. The molecule has 0 aliphatic rings. The molecule has 0 bridgehead atoms. The normalized spacial score (nSPS) is 11.6. The molecule has 96 valence electrons. The smallest absolute Gasteiger partial charge is 0.446 e. The standard InChI is InChI=1S/C8H3BrF3N3O2S/c9-6-14-7(18-15-6)13-5(16)3-1-2-4(17-3)8(10,11)12/h1-2H,(H,13,14,15,16). The molecule has 1 amide bonds. The summed E-state index contributed by atoms with van der Waals surface area (Å²) in [6, 6.07) is 1.62. The third-order valence-electron chi connectivity index (χ3n) is 1.73. The zero-order valence-electron chi connectivity index (χ0n) is 8.29. The van der Waals surface area contributed by atoms with Crippen molar-refractivity contribution in [3.8, 4) is 0 Å². The molecule has 2 aromatic rings. The lowest BCUT2D eigenvalue weighted by Crippen LogP contribution is -2.11. The number of aromatic nitrogens is 2. The molecule has 0 atom stereocenters. The molecule has 18 heavy (non-hydrogen) atoms. The molecule has 0 saturated heterocycles. The van der Waals surface area contributed by atoms with Gasteiger partial charge in [0.25, 0.3) is 5.91 Å². The molecule has 0 aliphatic carbocycles. The number of anilines is 1. The van der Waals surface area contributed by atoms with Crippen molar-refractivity contribution in [1.82, 2.24) is 9.36 Å². The van der Waals surface area contributed by atoms with Crippen LogP contribution in [0.25, 0.3) is 0 Å². The predicted octanol–water partition coefficient (Wildman–Crippen LogP) is 3.16. The first-order valence-electron chi connectivity index (χ1n) is 4.34. The summed E-state index contributed by atoms with van der Waals surface area (Å²) < 4.78 is 45.1. The minimum absolute atomic E-state index is 0.150. The van der Waals surface area contributed by atoms with Gasteiger partial charge in [0.1, 0.15) is 0 Å². The number of furan rings is 1. The number of nitrogens with zero attached hydrogens (tertiary/aromatic N) is 2. The van der Waals surface area contributed by atoms with E-state index in [0.717, 1.165) is 17.6 Å². The van der Waals surface area contributed by atoms with Crippen molar-refractivity contribution < 1.29 is 22.4 Å². The third-order valence-corrected chi connectivity index (χ3v) is 2.95. The van der Waals surface area contributed by atoms with Gasteiger partial charge in [-0.05, 0) is 28.1 Å². The van der Waals surface area contributed by atoms with Gasteiger partial charge >= 0.3 is 6.18 Å². The van der Waals surface area contributed by atoms with Crippen molar-refractivity contribution in [1.29, 1.82) is 0 Å². The predicted molar refractivity (Wildman–Crippen MR) is 59.3 cm³/mol. The van der Waals surface area contributed by atoms with Gasteiger partial charge in [0.2, 0.25) is 15.6 Å². The van der Waals surface area contributed by atoms with E-state index in [0.29, 0.717) is 6.07 Å². The van der Waals surface area contributed by atoms with Crippen LogP contribution in [0.4, 0.5) is 18.3 Å². The molecule has 0 aliphatic heterocycles. The summed E-state index contributed by atoms with van der Waals surface area (Å²) in [5.41, 5.74) is 0. The number of hydrogen-bond donors (Lipinski definition) is 1. The van der Waals surface area contributed by atoms with Gasteiger partial charge in [-0.15, -0.1) is 0 Å². The number of hydrogen-bond acceptors (Lipinski definition) is 5. The van der Waals surface area contributed by atoms with E-state index in [9.17, 15) is 18.0 Å². The Kier molecular flexibility index (Phi) is 3.39. The van der Waals surface area contributed by atoms with Gasteiger partial charge in [-0.25, -0.2) is 0 Å². The largest absolute Gasteiger partial charge is 0.449 e. The van der Waals surface area contributed by atoms with Crippen molar-refractivity contribution in [3.63, 3.8) is 0 Å². The summed E-state index contributed by atoms with van der Waals surface area (Å²) in [4.78, 5) is 15.3. The lowest BCUT2D eigenvalue weighted by molar-refractivity contribution is -0.153. The molecule has 10 heteroatoms. The highest BCUT2D eigenvalue weighted by molar-refractivity contribution is 9.10. The van der Waals surface area contributed by atoms with Crippen LogP contribution in [0.5, 0.6) is 0 Å². The second-order valence-electron chi connectivity index (χ2n) is 2.98. The van der Waals surface area contributed by atoms with E-state index < -0.39 is 23.6 Å². The Bertz CT molecular complexity index is 580. The quantitative estimate of drug-likeness (QED) is 0.910. The molecule has 0 radical (unpaired) electrons. The first-order chi connectivity index (χ1) is 8.36. The number of carbonyl (C=O) groups is 1. The third kappa shape index (κ3) is 2.88. The van der Waals surface area contributed by atoms with Gasteiger partial charge in [0.05, 0.1) is 0 Å². The number of halogens is 4. The number of carbonyl (C=O) groups excluding carboxylic acids is 1. The Morgan fingerprint density at radius 2 is 2.17 bits per heavy atom. The van der Waals surface area contributed by atoms with Gasteiger partial charge in [0, 0.05) is 11.5 Å². The summed E-state index contributed by atoms with van der Waals surface area (Å²) in [6.07, 6.45) is -4.62. The number of nitrogens with one attached hydrogen (secondary N) is 1.